The number of hydrogen-bond donors (Lipinski definition) is 0. The van der Waals surface area contributed by atoms with Gasteiger partial charge in [0.1, 0.15) is 11.5 Å². The number of benzene rings is 2. The Balaban J connectivity index is 0.000000323. The van der Waals surface area contributed by atoms with Crippen LogP contribution in [0.3, 0.4) is 0 Å². The Morgan fingerprint density at radius 3 is 1.72 bits per heavy atom. The molecule has 0 saturated heterocycles. The summed E-state index contributed by atoms with van der Waals surface area (Å²) in [6, 6.07) is 13.4. The summed E-state index contributed by atoms with van der Waals surface area (Å²) >= 11 is 1.46. The van der Waals surface area contributed by atoms with Crippen molar-refractivity contribution in [3.05, 3.63) is 48.5 Å². The zero-order valence-electron chi connectivity index (χ0n) is 18.5. The second-order valence-corrected chi connectivity index (χ2v) is 9.05. The Hall–Kier alpha value is -2.72. The third-order valence-corrected chi connectivity index (χ3v) is 6.34. The third kappa shape index (κ3) is 10.1. The standard InChI is InChI=1S/C11H14O5S.C11H14O3S/c1-3-16-11(12)8-17(13,14)10-6-4-9(15-2)5-7-10;1-3-14-11(12)8-15-10-6-4-9(13-2)5-7-10/h4-7H,3,8H2,1-2H3;4-7H,3,8H2,1-2H3. The second kappa shape index (κ2) is 14.4. The lowest BCUT2D eigenvalue weighted by molar-refractivity contribution is -0.140. The van der Waals surface area contributed by atoms with E-state index in [9.17, 15) is 18.0 Å². The van der Waals surface area contributed by atoms with Gasteiger partial charge in [0, 0.05) is 4.90 Å². The number of hydrogen-bond acceptors (Lipinski definition) is 9. The normalized spacial score (nSPS) is 10.4. The summed E-state index contributed by atoms with van der Waals surface area (Å²) in [4.78, 5) is 23.3. The van der Waals surface area contributed by atoms with Gasteiger partial charge in [0.15, 0.2) is 15.6 Å². The van der Waals surface area contributed by atoms with E-state index in [1.807, 2.05) is 24.3 Å². The fourth-order valence-electron chi connectivity index (χ4n) is 2.24. The van der Waals surface area contributed by atoms with Crippen molar-refractivity contribution in [2.45, 2.75) is 23.6 Å². The first-order valence-electron chi connectivity index (χ1n) is 9.70. The molecular weight excluding hydrogens is 456 g/mol. The molecule has 0 amide bonds. The van der Waals surface area contributed by atoms with E-state index in [1.54, 1.807) is 21.0 Å². The summed E-state index contributed by atoms with van der Waals surface area (Å²) in [7, 11) is -0.523. The second-order valence-electron chi connectivity index (χ2n) is 6.01. The molecule has 0 atom stereocenters. The summed E-state index contributed by atoms with van der Waals surface area (Å²) in [6.45, 7) is 4.02. The van der Waals surface area contributed by atoms with Crippen LogP contribution in [0, 0.1) is 0 Å². The van der Waals surface area contributed by atoms with Crippen molar-refractivity contribution in [2.75, 3.05) is 38.9 Å². The summed E-state index contributed by atoms with van der Waals surface area (Å²) in [5.74, 6) is 0.144. The molecule has 32 heavy (non-hydrogen) atoms. The maximum Gasteiger partial charge on any atom is 0.321 e. The highest BCUT2D eigenvalue weighted by Crippen LogP contribution is 2.21. The first-order chi connectivity index (χ1) is 15.2. The molecule has 8 nitrogen and oxygen atoms in total. The van der Waals surface area contributed by atoms with Crippen molar-refractivity contribution in [3.63, 3.8) is 0 Å². The van der Waals surface area contributed by atoms with Crippen LogP contribution >= 0.6 is 11.8 Å². The van der Waals surface area contributed by atoms with E-state index in [-0.39, 0.29) is 17.5 Å². The number of thioether (sulfide) groups is 1. The minimum Gasteiger partial charge on any atom is -0.497 e. The highest BCUT2D eigenvalue weighted by Gasteiger charge is 2.20. The van der Waals surface area contributed by atoms with Crippen LogP contribution in [0.1, 0.15) is 13.8 Å². The number of carbonyl (C=O) groups is 2. The molecule has 2 rings (SSSR count). The Morgan fingerprint density at radius 1 is 0.781 bits per heavy atom. The third-order valence-electron chi connectivity index (χ3n) is 3.75. The number of rotatable bonds is 10. The average Bonchev–Trinajstić information content (AvgIpc) is 2.78. The van der Waals surface area contributed by atoms with Gasteiger partial charge in [-0.05, 0) is 62.4 Å². The van der Waals surface area contributed by atoms with Crippen molar-refractivity contribution in [2.24, 2.45) is 0 Å². The molecule has 0 saturated carbocycles. The average molecular weight is 485 g/mol. The van der Waals surface area contributed by atoms with E-state index >= 15 is 0 Å². The van der Waals surface area contributed by atoms with E-state index in [4.69, 9.17) is 14.2 Å². The number of carbonyl (C=O) groups excluding carboxylic acids is 2. The fourth-order valence-corrected chi connectivity index (χ4v) is 4.05. The quantitative estimate of drug-likeness (QED) is 0.371. The molecule has 0 bridgehead atoms. The Labute approximate surface area is 193 Å². The summed E-state index contributed by atoms with van der Waals surface area (Å²) in [5, 5.41) is 0. The van der Waals surface area contributed by atoms with Crippen molar-refractivity contribution in [1.29, 1.82) is 0 Å². The van der Waals surface area contributed by atoms with Crippen LogP contribution in [-0.2, 0) is 28.9 Å². The topological polar surface area (TPSA) is 105 Å². The monoisotopic (exact) mass is 484 g/mol. The van der Waals surface area contributed by atoms with Crippen LogP contribution in [0.5, 0.6) is 11.5 Å². The van der Waals surface area contributed by atoms with E-state index in [1.165, 1.54) is 43.1 Å². The van der Waals surface area contributed by atoms with Gasteiger partial charge >= 0.3 is 11.9 Å². The smallest absolute Gasteiger partial charge is 0.321 e. The highest BCUT2D eigenvalue weighted by molar-refractivity contribution is 8.00. The van der Waals surface area contributed by atoms with Crippen LogP contribution in [0.4, 0.5) is 0 Å². The van der Waals surface area contributed by atoms with Gasteiger partial charge in [0.25, 0.3) is 0 Å². The van der Waals surface area contributed by atoms with Gasteiger partial charge in [-0.15, -0.1) is 11.8 Å². The minimum atomic E-state index is -3.64. The van der Waals surface area contributed by atoms with Crippen LogP contribution in [0.25, 0.3) is 0 Å². The Bertz CT molecular complexity index is 939. The SMILES string of the molecule is CCOC(=O)CS(=O)(=O)c1ccc(OC)cc1.CCOC(=O)CSc1ccc(OC)cc1. The minimum absolute atomic E-state index is 0.0753. The van der Waals surface area contributed by atoms with Gasteiger partial charge in [-0.1, -0.05) is 0 Å². The fraction of sp³-hybridized carbons (Fsp3) is 0.364. The first kappa shape index (κ1) is 27.3. The van der Waals surface area contributed by atoms with Crippen LogP contribution in [0.2, 0.25) is 0 Å². The molecule has 0 unspecified atom stereocenters. The maximum atomic E-state index is 11.8. The summed E-state index contributed by atoms with van der Waals surface area (Å²) in [5.41, 5.74) is 0. The van der Waals surface area contributed by atoms with E-state index in [0.717, 1.165) is 10.6 Å². The lowest BCUT2D eigenvalue weighted by Crippen LogP contribution is -2.18. The Morgan fingerprint density at radius 2 is 1.25 bits per heavy atom. The summed E-state index contributed by atoms with van der Waals surface area (Å²) < 4.78 is 42.9. The lowest BCUT2D eigenvalue weighted by atomic mass is 10.3. The largest absolute Gasteiger partial charge is 0.497 e. The van der Waals surface area contributed by atoms with E-state index in [0.29, 0.717) is 18.1 Å². The molecule has 0 aromatic heterocycles. The van der Waals surface area contributed by atoms with E-state index in [2.05, 4.69) is 4.74 Å². The molecule has 0 aliphatic carbocycles. The number of methoxy groups -OCH3 is 2. The van der Waals surface area contributed by atoms with Crippen molar-refractivity contribution >= 4 is 33.5 Å². The van der Waals surface area contributed by atoms with Crippen LogP contribution in [-0.4, -0.2) is 59.3 Å². The van der Waals surface area contributed by atoms with Gasteiger partial charge in [-0.25, -0.2) is 8.42 Å². The predicted molar refractivity (Wildman–Crippen MR) is 122 cm³/mol. The number of sulfone groups is 1. The predicted octanol–water partition coefficient (Wildman–Crippen LogP) is 3.38. The van der Waals surface area contributed by atoms with Gasteiger partial charge in [0.05, 0.1) is 38.1 Å². The zero-order chi connectivity index (χ0) is 24.0. The molecule has 10 heteroatoms. The molecule has 0 aliphatic heterocycles. The van der Waals surface area contributed by atoms with Crippen LogP contribution in [0.15, 0.2) is 58.3 Å². The molecule has 2 aromatic carbocycles. The zero-order valence-corrected chi connectivity index (χ0v) is 20.2. The summed E-state index contributed by atoms with van der Waals surface area (Å²) in [6.07, 6.45) is 0. The van der Waals surface area contributed by atoms with Gasteiger partial charge in [0.2, 0.25) is 0 Å². The van der Waals surface area contributed by atoms with E-state index < -0.39 is 21.6 Å². The molecule has 0 spiro atoms. The number of ether oxygens (including phenoxy) is 4. The van der Waals surface area contributed by atoms with Gasteiger partial charge < -0.3 is 18.9 Å². The van der Waals surface area contributed by atoms with Gasteiger partial charge in [-0.2, -0.15) is 0 Å². The maximum absolute atomic E-state index is 11.8. The van der Waals surface area contributed by atoms with Crippen molar-refractivity contribution < 1.29 is 37.0 Å². The lowest BCUT2D eigenvalue weighted by Gasteiger charge is -2.05. The van der Waals surface area contributed by atoms with Crippen molar-refractivity contribution in [3.8, 4) is 11.5 Å². The molecule has 2 aromatic rings. The Kier molecular flexibility index (Phi) is 12.3. The molecular formula is C22H28O8S2. The molecule has 176 valence electrons. The molecule has 0 fully saturated rings. The first-order valence-corrected chi connectivity index (χ1v) is 12.3. The molecule has 0 aliphatic rings. The highest BCUT2D eigenvalue weighted by atomic mass is 32.2. The molecule has 0 N–H and O–H groups in total. The molecule has 0 radical (unpaired) electrons. The number of esters is 2. The van der Waals surface area contributed by atoms with Crippen molar-refractivity contribution in [1.82, 2.24) is 0 Å². The van der Waals surface area contributed by atoms with Crippen LogP contribution < -0.4 is 9.47 Å². The molecule has 0 heterocycles. The van der Waals surface area contributed by atoms with Gasteiger partial charge in [-0.3, -0.25) is 9.59 Å².